The van der Waals surface area contributed by atoms with E-state index in [1.807, 2.05) is 0 Å². The SMILES string of the molecule is CC(=O)Nc1coc([C@@H](O)CO)c1. The van der Waals surface area contributed by atoms with E-state index < -0.39 is 12.7 Å². The lowest BCUT2D eigenvalue weighted by molar-refractivity contribution is -0.114. The van der Waals surface area contributed by atoms with Crippen molar-refractivity contribution in [3.05, 3.63) is 18.1 Å². The lowest BCUT2D eigenvalue weighted by Crippen LogP contribution is -2.04. The van der Waals surface area contributed by atoms with Crippen molar-refractivity contribution in [2.45, 2.75) is 13.0 Å². The van der Waals surface area contributed by atoms with Crippen molar-refractivity contribution >= 4 is 11.6 Å². The Labute approximate surface area is 75.0 Å². The number of furan rings is 1. The van der Waals surface area contributed by atoms with E-state index >= 15 is 0 Å². The highest BCUT2D eigenvalue weighted by molar-refractivity contribution is 5.88. The molecule has 0 fully saturated rings. The Balaban J connectivity index is 2.68. The molecule has 1 amide bonds. The van der Waals surface area contributed by atoms with Gasteiger partial charge >= 0.3 is 0 Å². The van der Waals surface area contributed by atoms with Crippen LogP contribution in [-0.2, 0) is 4.79 Å². The van der Waals surface area contributed by atoms with Crippen LogP contribution in [0.4, 0.5) is 5.69 Å². The summed E-state index contributed by atoms with van der Waals surface area (Å²) in [5, 5.41) is 20.2. The summed E-state index contributed by atoms with van der Waals surface area (Å²) in [6, 6.07) is 1.46. The van der Waals surface area contributed by atoms with Crippen LogP contribution < -0.4 is 5.32 Å². The van der Waals surface area contributed by atoms with Gasteiger partial charge in [-0.25, -0.2) is 0 Å². The Morgan fingerprint density at radius 3 is 3.00 bits per heavy atom. The number of aliphatic hydroxyl groups excluding tert-OH is 2. The number of rotatable bonds is 3. The molecule has 0 bridgehead atoms. The first kappa shape index (κ1) is 9.76. The van der Waals surface area contributed by atoms with Crippen LogP contribution in [0.5, 0.6) is 0 Å². The van der Waals surface area contributed by atoms with Gasteiger partial charge in [0, 0.05) is 13.0 Å². The van der Waals surface area contributed by atoms with Crippen LogP contribution in [0.1, 0.15) is 18.8 Å². The Kier molecular flexibility index (Phi) is 3.05. The van der Waals surface area contributed by atoms with Gasteiger partial charge in [-0.1, -0.05) is 0 Å². The first-order valence-electron chi connectivity index (χ1n) is 3.78. The van der Waals surface area contributed by atoms with Crippen LogP contribution in [0, 0.1) is 0 Å². The van der Waals surface area contributed by atoms with Crippen molar-refractivity contribution in [3.8, 4) is 0 Å². The quantitative estimate of drug-likeness (QED) is 0.631. The molecule has 0 aliphatic carbocycles. The van der Waals surface area contributed by atoms with Gasteiger partial charge in [-0.2, -0.15) is 0 Å². The molecule has 1 aromatic heterocycles. The van der Waals surface area contributed by atoms with Gasteiger partial charge in [0.1, 0.15) is 18.1 Å². The van der Waals surface area contributed by atoms with Crippen molar-refractivity contribution in [1.29, 1.82) is 0 Å². The third-order valence-corrected chi connectivity index (χ3v) is 1.44. The maximum atomic E-state index is 10.6. The first-order valence-corrected chi connectivity index (χ1v) is 3.78. The highest BCUT2D eigenvalue weighted by Gasteiger charge is 2.11. The Bertz CT molecular complexity index is 294. The summed E-state index contributed by atoms with van der Waals surface area (Å²) in [5.41, 5.74) is 0.468. The third kappa shape index (κ3) is 2.57. The Morgan fingerprint density at radius 2 is 2.46 bits per heavy atom. The average molecular weight is 185 g/mol. The van der Waals surface area contributed by atoms with Gasteiger partial charge in [0.2, 0.25) is 5.91 Å². The highest BCUT2D eigenvalue weighted by Crippen LogP contribution is 2.19. The number of aliphatic hydroxyl groups is 2. The van der Waals surface area contributed by atoms with E-state index in [0.717, 1.165) is 0 Å². The molecule has 1 atom stereocenters. The molecule has 13 heavy (non-hydrogen) atoms. The molecular formula is C8H11NO4. The van der Waals surface area contributed by atoms with Crippen molar-refractivity contribution in [3.63, 3.8) is 0 Å². The minimum atomic E-state index is -1.04. The molecule has 0 unspecified atom stereocenters. The standard InChI is InChI=1S/C8H11NO4/c1-5(11)9-6-2-8(13-4-6)7(12)3-10/h2,4,7,10,12H,3H2,1H3,(H,9,11)/t7-/m0/s1. The molecule has 3 N–H and O–H groups in total. The number of nitrogens with one attached hydrogen (secondary N) is 1. The van der Waals surface area contributed by atoms with Crippen LogP contribution >= 0.6 is 0 Å². The van der Waals surface area contributed by atoms with E-state index in [1.54, 1.807) is 0 Å². The van der Waals surface area contributed by atoms with Crippen molar-refractivity contribution < 1.29 is 19.4 Å². The number of amides is 1. The lowest BCUT2D eigenvalue weighted by atomic mass is 10.3. The summed E-state index contributed by atoms with van der Waals surface area (Å²) >= 11 is 0. The molecular weight excluding hydrogens is 174 g/mol. The van der Waals surface area contributed by atoms with Crippen LogP contribution in [-0.4, -0.2) is 22.7 Å². The van der Waals surface area contributed by atoms with E-state index in [4.69, 9.17) is 14.6 Å². The molecule has 0 aliphatic heterocycles. The van der Waals surface area contributed by atoms with Crippen LogP contribution in [0.3, 0.4) is 0 Å². The summed E-state index contributed by atoms with van der Waals surface area (Å²) in [6.07, 6.45) is 0.262. The molecule has 0 spiro atoms. The summed E-state index contributed by atoms with van der Waals surface area (Å²) in [7, 11) is 0. The van der Waals surface area contributed by atoms with Gasteiger partial charge in [-0.3, -0.25) is 4.79 Å². The smallest absolute Gasteiger partial charge is 0.221 e. The minimum absolute atomic E-state index is 0.217. The fourth-order valence-corrected chi connectivity index (χ4v) is 0.886. The molecule has 5 heteroatoms. The summed E-state index contributed by atoms with van der Waals surface area (Å²) in [4.78, 5) is 10.6. The number of hydrogen-bond acceptors (Lipinski definition) is 4. The van der Waals surface area contributed by atoms with Crippen LogP contribution in [0.15, 0.2) is 16.7 Å². The average Bonchev–Trinajstić information content (AvgIpc) is 2.50. The van der Waals surface area contributed by atoms with Gasteiger partial charge in [0.15, 0.2) is 0 Å². The molecule has 0 radical (unpaired) electrons. The van der Waals surface area contributed by atoms with Gasteiger partial charge < -0.3 is 19.9 Å². The maximum Gasteiger partial charge on any atom is 0.221 e. The van der Waals surface area contributed by atoms with Crippen LogP contribution in [0.2, 0.25) is 0 Å². The predicted octanol–water partition coefficient (Wildman–Crippen LogP) is 0.264. The van der Waals surface area contributed by atoms with Gasteiger partial charge in [-0.15, -0.1) is 0 Å². The predicted molar refractivity (Wildman–Crippen MR) is 45.1 cm³/mol. The Hall–Kier alpha value is -1.33. The third-order valence-electron chi connectivity index (χ3n) is 1.44. The summed E-state index contributed by atoms with van der Waals surface area (Å²) in [6.45, 7) is 0.960. The van der Waals surface area contributed by atoms with Gasteiger partial charge in [0.25, 0.3) is 0 Å². The zero-order valence-corrected chi connectivity index (χ0v) is 7.15. The zero-order chi connectivity index (χ0) is 9.84. The largest absolute Gasteiger partial charge is 0.464 e. The van der Waals surface area contributed by atoms with Crippen LogP contribution in [0.25, 0.3) is 0 Å². The number of hydrogen-bond donors (Lipinski definition) is 3. The summed E-state index contributed by atoms with van der Waals surface area (Å²) < 4.78 is 4.89. The molecule has 0 aliphatic rings. The van der Waals surface area contributed by atoms with Crippen molar-refractivity contribution in [1.82, 2.24) is 0 Å². The number of anilines is 1. The topological polar surface area (TPSA) is 82.7 Å². The van der Waals surface area contributed by atoms with E-state index in [-0.39, 0.29) is 11.7 Å². The van der Waals surface area contributed by atoms with E-state index in [9.17, 15) is 4.79 Å². The zero-order valence-electron chi connectivity index (χ0n) is 7.15. The molecule has 72 valence electrons. The molecule has 0 saturated heterocycles. The van der Waals surface area contributed by atoms with Gasteiger partial charge in [0.05, 0.1) is 12.3 Å². The molecule has 1 heterocycles. The van der Waals surface area contributed by atoms with E-state index in [1.165, 1.54) is 19.3 Å². The first-order chi connectivity index (χ1) is 6.13. The van der Waals surface area contributed by atoms with E-state index in [2.05, 4.69) is 5.32 Å². The second-order valence-electron chi connectivity index (χ2n) is 2.62. The fourth-order valence-electron chi connectivity index (χ4n) is 0.886. The van der Waals surface area contributed by atoms with Crippen molar-refractivity contribution in [2.75, 3.05) is 11.9 Å². The fraction of sp³-hybridized carbons (Fsp3) is 0.375. The van der Waals surface area contributed by atoms with Gasteiger partial charge in [-0.05, 0) is 0 Å². The minimum Gasteiger partial charge on any atom is -0.464 e. The molecule has 0 aromatic carbocycles. The number of carbonyl (C=O) groups is 1. The second-order valence-corrected chi connectivity index (χ2v) is 2.62. The monoisotopic (exact) mass is 185 g/mol. The van der Waals surface area contributed by atoms with Crippen molar-refractivity contribution in [2.24, 2.45) is 0 Å². The highest BCUT2D eigenvalue weighted by atomic mass is 16.4. The lowest BCUT2D eigenvalue weighted by Gasteiger charge is -2.00. The molecule has 1 rings (SSSR count). The molecule has 5 nitrogen and oxygen atoms in total. The van der Waals surface area contributed by atoms with E-state index in [0.29, 0.717) is 5.69 Å². The summed E-state index contributed by atoms with van der Waals surface area (Å²) in [5.74, 6) is 0.0112. The second kappa shape index (κ2) is 4.06. The molecule has 1 aromatic rings. The molecule has 0 saturated carbocycles. The maximum absolute atomic E-state index is 10.6. The Morgan fingerprint density at radius 1 is 1.77 bits per heavy atom. The number of carbonyl (C=O) groups excluding carboxylic acids is 1. The normalized spacial score (nSPS) is 12.5.